The summed E-state index contributed by atoms with van der Waals surface area (Å²) < 4.78 is 13.9. The molecular formula is C20H15FN4. The minimum atomic E-state index is -0.352. The van der Waals surface area contributed by atoms with E-state index in [1.54, 1.807) is 19.1 Å². The Bertz CT molecular complexity index is 1030. The quantitative estimate of drug-likeness (QED) is 0.726. The second kappa shape index (κ2) is 6.59. The van der Waals surface area contributed by atoms with Crippen LogP contribution in [0.25, 0.3) is 10.9 Å². The van der Waals surface area contributed by atoms with Crippen LogP contribution >= 0.6 is 0 Å². The Balaban J connectivity index is 2.09. The molecule has 0 aliphatic rings. The van der Waals surface area contributed by atoms with Crippen molar-refractivity contribution in [2.24, 2.45) is 0 Å². The third kappa shape index (κ3) is 3.13. The molecule has 0 unspecified atom stereocenters. The van der Waals surface area contributed by atoms with Crippen molar-refractivity contribution in [2.45, 2.75) is 13.5 Å². The van der Waals surface area contributed by atoms with E-state index in [0.717, 1.165) is 11.1 Å². The third-order valence-electron chi connectivity index (χ3n) is 4.10. The summed E-state index contributed by atoms with van der Waals surface area (Å²) in [7, 11) is 1.86. The number of benzene rings is 2. The summed E-state index contributed by atoms with van der Waals surface area (Å²) in [5.74, 6) is -0.352. The van der Waals surface area contributed by atoms with Gasteiger partial charge in [-0.3, -0.25) is 4.98 Å². The molecule has 1 aromatic heterocycles. The number of hydrogen-bond acceptors (Lipinski definition) is 4. The van der Waals surface area contributed by atoms with E-state index in [9.17, 15) is 9.65 Å². The van der Waals surface area contributed by atoms with Crippen molar-refractivity contribution in [3.8, 4) is 12.1 Å². The largest absolute Gasteiger partial charge is 0.369 e. The van der Waals surface area contributed by atoms with Gasteiger partial charge in [-0.1, -0.05) is 12.1 Å². The lowest BCUT2D eigenvalue weighted by atomic mass is 10.0. The fourth-order valence-corrected chi connectivity index (χ4v) is 2.95. The molecule has 3 rings (SSSR count). The second-order valence-electron chi connectivity index (χ2n) is 5.92. The molecule has 4 nitrogen and oxygen atoms in total. The summed E-state index contributed by atoms with van der Waals surface area (Å²) in [5, 5.41) is 19.0. The number of hydrogen-bond donors (Lipinski definition) is 0. The van der Waals surface area contributed by atoms with Gasteiger partial charge in [-0.25, -0.2) is 4.39 Å². The van der Waals surface area contributed by atoms with Crippen LogP contribution in [0.15, 0.2) is 42.6 Å². The number of nitriles is 2. The van der Waals surface area contributed by atoms with E-state index >= 15 is 0 Å². The number of aromatic nitrogens is 1. The van der Waals surface area contributed by atoms with Gasteiger partial charge in [0.2, 0.25) is 0 Å². The first-order valence-corrected chi connectivity index (χ1v) is 7.72. The maximum absolute atomic E-state index is 13.9. The molecule has 0 fully saturated rings. The lowest BCUT2D eigenvalue weighted by Crippen LogP contribution is -2.18. The molecule has 0 aliphatic carbocycles. The van der Waals surface area contributed by atoms with Crippen LogP contribution in [-0.4, -0.2) is 12.0 Å². The van der Waals surface area contributed by atoms with Crippen LogP contribution in [0, 0.1) is 35.4 Å². The van der Waals surface area contributed by atoms with Gasteiger partial charge in [-0.2, -0.15) is 10.5 Å². The molecule has 0 saturated heterocycles. The lowest BCUT2D eigenvalue weighted by Gasteiger charge is -2.23. The van der Waals surface area contributed by atoms with Crippen LogP contribution in [0.1, 0.15) is 22.3 Å². The molecule has 1 heterocycles. The minimum Gasteiger partial charge on any atom is -0.369 e. The van der Waals surface area contributed by atoms with Gasteiger partial charge in [0, 0.05) is 25.2 Å². The van der Waals surface area contributed by atoms with Crippen molar-refractivity contribution in [1.29, 1.82) is 10.5 Å². The standard InChI is InChI=1S/C20H15FN4/c1-13-7-17(21)8-18-19(13)24-11-16(10-23)20(18)25(2)12-15-5-3-14(9-22)4-6-15/h3-8,11H,12H2,1-2H3. The third-order valence-corrected chi connectivity index (χ3v) is 4.10. The van der Waals surface area contributed by atoms with Crippen LogP contribution < -0.4 is 4.90 Å². The summed E-state index contributed by atoms with van der Waals surface area (Å²) in [6.07, 6.45) is 1.53. The van der Waals surface area contributed by atoms with E-state index in [2.05, 4.69) is 17.1 Å². The molecule has 0 aliphatic heterocycles. The Kier molecular flexibility index (Phi) is 4.33. The lowest BCUT2D eigenvalue weighted by molar-refractivity contribution is 0.628. The number of pyridine rings is 1. The van der Waals surface area contributed by atoms with Crippen LogP contribution in [-0.2, 0) is 6.54 Å². The Hall–Kier alpha value is -3.44. The molecule has 0 bridgehead atoms. The molecule has 3 aromatic rings. The normalized spacial score (nSPS) is 10.3. The van der Waals surface area contributed by atoms with Crippen LogP contribution in [0.4, 0.5) is 10.1 Å². The molecule has 25 heavy (non-hydrogen) atoms. The average molecular weight is 330 g/mol. The van der Waals surface area contributed by atoms with Gasteiger partial charge in [0.15, 0.2) is 0 Å². The van der Waals surface area contributed by atoms with Crippen LogP contribution in [0.2, 0.25) is 0 Å². The van der Waals surface area contributed by atoms with E-state index in [0.29, 0.717) is 34.3 Å². The average Bonchev–Trinajstić information content (AvgIpc) is 2.61. The van der Waals surface area contributed by atoms with Gasteiger partial charge in [0.25, 0.3) is 0 Å². The fraction of sp³-hybridized carbons (Fsp3) is 0.150. The van der Waals surface area contributed by atoms with Crippen molar-refractivity contribution in [1.82, 2.24) is 4.98 Å². The minimum absolute atomic E-state index is 0.352. The molecule has 0 atom stereocenters. The number of anilines is 1. The Morgan fingerprint density at radius 3 is 2.48 bits per heavy atom. The molecule has 0 amide bonds. The summed E-state index contributed by atoms with van der Waals surface area (Å²) >= 11 is 0. The number of nitrogens with zero attached hydrogens (tertiary/aromatic N) is 4. The van der Waals surface area contributed by atoms with Gasteiger partial charge in [-0.05, 0) is 42.3 Å². The summed E-state index contributed by atoms with van der Waals surface area (Å²) in [6.45, 7) is 2.32. The maximum atomic E-state index is 13.9. The number of rotatable bonds is 3. The molecule has 0 saturated carbocycles. The fourth-order valence-electron chi connectivity index (χ4n) is 2.95. The monoisotopic (exact) mass is 330 g/mol. The Morgan fingerprint density at radius 2 is 1.84 bits per heavy atom. The zero-order valence-corrected chi connectivity index (χ0v) is 13.9. The molecule has 2 aromatic carbocycles. The van der Waals surface area contributed by atoms with Crippen molar-refractivity contribution >= 4 is 16.6 Å². The first kappa shape index (κ1) is 16.4. The highest BCUT2D eigenvalue weighted by Crippen LogP contribution is 2.31. The van der Waals surface area contributed by atoms with E-state index in [-0.39, 0.29) is 5.82 Å². The predicted octanol–water partition coefficient (Wildman–Crippen LogP) is 4.06. The van der Waals surface area contributed by atoms with E-state index < -0.39 is 0 Å². The number of halogens is 1. The summed E-state index contributed by atoms with van der Waals surface area (Å²) in [5.41, 5.74) is 4.04. The first-order chi connectivity index (χ1) is 12.0. The second-order valence-corrected chi connectivity index (χ2v) is 5.92. The zero-order valence-electron chi connectivity index (χ0n) is 13.9. The maximum Gasteiger partial charge on any atom is 0.124 e. The topological polar surface area (TPSA) is 63.7 Å². The van der Waals surface area contributed by atoms with Crippen LogP contribution in [0.3, 0.4) is 0 Å². The highest BCUT2D eigenvalue weighted by atomic mass is 19.1. The van der Waals surface area contributed by atoms with Crippen LogP contribution in [0.5, 0.6) is 0 Å². The van der Waals surface area contributed by atoms with Gasteiger partial charge < -0.3 is 4.90 Å². The van der Waals surface area contributed by atoms with Crippen molar-refractivity contribution in [3.05, 3.63) is 70.7 Å². The van der Waals surface area contributed by atoms with Gasteiger partial charge >= 0.3 is 0 Å². The number of fused-ring (bicyclic) bond motifs is 1. The van der Waals surface area contributed by atoms with Crippen molar-refractivity contribution < 1.29 is 4.39 Å². The first-order valence-electron chi connectivity index (χ1n) is 7.72. The molecule has 0 spiro atoms. The van der Waals surface area contributed by atoms with E-state index in [4.69, 9.17) is 5.26 Å². The Morgan fingerprint density at radius 1 is 1.12 bits per heavy atom. The smallest absolute Gasteiger partial charge is 0.124 e. The van der Waals surface area contributed by atoms with Gasteiger partial charge in [-0.15, -0.1) is 0 Å². The SMILES string of the molecule is Cc1cc(F)cc2c(N(C)Cc3ccc(C#N)cc3)c(C#N)cnc12. The van der Waals surface area contributed by atoms with Crippen molar-refractivity contribution in [3.63, 3.8) is 0 Å². The predicted molar refractivity (Wildman–Crippen MR) is 94.4 cm³/mol. The number of aryl methyl sites for hydroxylation is 1. The summed E-state index contributed by atoms with van der Waals surface area (Å²) in [4.78, 5) is 6.22. The molecule has 0 radical (unpaired) electrons. The highest BCUT2D eigenvalue weighted by Gasteiger charge is 2.15. The zero-order chi connectivity index (χ0) is 18.0. The molecular weight excluding hydrogens is 315 g/mol. The van der Waals surface area contributed by atoms with Crippen molar-refractivity contribution in [2.75, 3.05) is 11.9 Å². The molecule has 122 valence electrons. The van der Waals surface area contributed by atoms with Gasteiger partial charge in [0.1, 0.15) is 11.9 Å². The summed E-state index contributed by atoms with van der Waals surface area (Å²) in [6, 6.07) is 14.3. The molecule has 0 N–H and O–H groups in total. The van der Waals surface area contributed by atoms with E-state index in [1.165, 1.54) is 18.3 Å². The highest BCUT2D eigenvalue weighted by molar-refractivity contribution is 5.96. The molecule has 5 heteroatoms. The Labute approximate surface area is 145 Å². The van der Waals surface area contributed by atoms with E-state index in [1.807, 2.05) is 24.1 Å². The van der Waals surface area contributed by atoms with Gasteiger partial charge in [0.05, 0.1) is 28.4 Å².